The fraction of sp³-hybridized carbons (Fsp3) is 0.819. The van der Waals surface area contributed by atoms with Crippen LogP contribution in [-0.4, -0.2) is 87.5 Å². The molecule has 1 aliphatic heterocycles. The lowest BCUT2D eigenvalue weighted by Crippen LogP contribution is -2.60. The second-order valence-electron chi connectivity index (χ2n) is 27.5. The van der Waals surface area contributed by atoms with E-state index in [1.54, 1.807) is 6.08 Å². The van der Waals surface area contributed by atoms with Gasteiger partial charge in [-0.2, -0.15) is 0 Å². The van der Waals surface area contributed by atoms with E-state index in [0.717, 1.165) is 70.6 Å². The number of hydrogen-bond acceptors (Lipinski definition) is 8. The van der Waals surface area contributed by atoms with Crippen LogP contribution >= 0.6 is 0 Å². The highest BCUT2D eigenvalue weighted by molar-refractivity contribution is 5.76. The third-order valence-electron chi connectivity index (χ3n) is 18.7. The van der Waals surface area contributed by atoms with Crippen LogP contribution in [0.5, 0.6) is 0 Å². The molecular formula is C83H151NO8. The van der Waals surface area contributed by atoms with Crippen LogP contribution in [0.15, 0.2) is 85.1 Å². The molecule has 0 aromatic heterocycles. The highest BCUT2D eigenvalue weighted by atomic mass is 16.7. The molecule has 92 heavy (non-hydrogen) atoms. The van der Waals surface area contributed by atoms with Crippen LogP contribution in [0.3, 0.4) is 0 Å². The van der Waals surface area contributed by atoms with Crippen LogP contribution in [-0.2, 0) is 14.3 Å². The summed E-state index contributed by atoms with van der Waals surface area (Å²) in [6.07, 6.45) is 95.9. The van der Waals surface area contributed by atoms with Crippen LogP contribution in [0, 0.1) is 0 Å². The molecule has 0 aromatic rings. The number of unbranched alkanes of at least 4 members (excludes halogenated alkanes) is 48. The zero-order valence-corrected chi connectivity index (χ0v) is 60.3. The number of amides is 1. The number of rotatable bonds is 70. The van der Waals surface area contributed by atoms with E-state index in [-0.39, 0.29) is 12.5 Å². The Hall–Kier alpha value is -2.63. The van der Waals surface area contributed by atoms with Gasteiger partial charge in [0.15, 0.2) is 6.29 Å². The van der Waals surface area contributed by atoms with Crippen molar-refractivity contribution in [2.45, 2.75) is 423 Å². The standard InChI is InChI=1S/C83H151NO8/c1-3-5-7-9-11-13-15-17-19-21-23-25-27-29-31-33-35-36-37-38-39-40-41-42-43-45-47-49-51-53-55-57-59-61-63-65-67-69-71-73-79(87)84-76(75-91-83-82(90)81(89)80(88)78(74-85)92-83)77(86)72-70-68-66-64-62-60-58-56-54-52-50-48-46-44-34-32-30-28-26-24-22-20-18-16-14-12-10-8-6-4-2/h5,7,11,13,17,19,23,25,29,31,62,64,70,72,76-78,80-83,85-86,88-90H,3-4,6,8-10,12,14-16,18,20-22,24,26-28,30,32-61,63,65-69,71,73-75H2,1-2H3,(H,84,87)/b7-5-,13-11-,19-17-,25-23-,31-29-,64-62+,72-70+. The predicted octanol–water partition coefficient (Wildman–Crippen LogP) is 22.8. The molecule has 1 saturated heterocycles. The number of ether oxygens (including phenoxy) is 2. The predicted molar refractivity (Wildman–Crippen MR) is 396 cm³/mol. The van der Waals surface area contributed by atoms with Crippen molar-refractivity contribution < 1.29 is 39.8 Å². The number of hydrogen-bond donors (Lipinski definition) is 6. The van der Waals surface area contributed by atoms with E-state index in [2.05, 4.69) is 92.1 Å². The van der Waals surface area contributed by atoms with E-state index in [0.29, 0.717) is 6.42 Å². The Bertz CT molecular complexity index is 1740. The van der Waals surface area contributed by atoms with Gasteiger partial charge in [0.1, 0.15) is 24.4 Å². The summed E-state index contributed by atoms with van der Waals surface area (Å²) in [4.78, 5) is 13.2. The highest BCUT2D eigenvalue weighted by Gasteiger charge is 2.44. The summed E-state index contributed by atoms with van der Waals surface area (Å²) in [6, 6.07) is -0.825. The van der Waals surface area contributed by atoms with Crippen molar-refractivity contribution in [2.24, 2.45) is 0 Å². The molecule has 7 unspecified atom stereocenters. The van der Waals surface area contributed by atoms with Gasteiger partial charge in [0.05, 0.1) is 25.4 Å². The summed E-state index contributed by atoms with van der Waals surface area (Å²) in [6.45, 7) is 3.70. The van der Waals surface area contributed by atoms with Gasteiger partial charge in [-0.3, -0.25) is 4.79 Å². The SMILES string of the molecule is CC/C=C\C/C=C\C/C=C\C/C=C\C/C=C\CCCCCCCCCCCCCCCCCCCCCCCCCC(=O)NC(COC1OC(CO)C(O)C(O)C1O)C(O)/C=C/CC/C=C/CCCCCCCCCCCCCCCCCCCCCCCCCC. The maximum absolute atomic E-state index is 13.2. The largest absolute Gasteiger partial charge is 0.394 e. The first-order valence-corrected chi connectivity index (χ1v) is 39.8. The van der Waals surface area contributed by atoms with Crippen molar-refractivity contribution in [3.05, 3.63) is 85.1 Å². The van der Waals surface area contributed by atoms with E-state index in [1.165, 1.54) is 289 Å². The van der Waals surface area contributed by atoms with Crippen LogP contribution in [0.25, 0.3) is 0 Å². The van der Waals surface area contributed by atoms with Gasteiger partial charge in [-0.15, -0.1) is 0 Å². The number of carbonyl (C=O) groups is 1. The van der Waals surface area contributed by atoms with Gasteiger partial charge in [-0.25, -0.2) is 0 Å². The molecule has 7 atom stereocenters. The quantitative estimate of drug-likeness (QED) is 0.0261. The van der Waals surface area contributed by atoms with E-state index < -0.39 is 49.5 Å². The third kappa shape index (κ3) is 58.7. The molecule has 0 aliphatic carbocycles. The Morgan fingerprint density at radius 1 is 0.380 bits per heavy atom. The van der Waals surface area contributed by atoms with Crippen LogP contribution < -0.4 is 5.32 Å². The Morgan fingerprint density at radius 2 is 0.685 bits per heavy atom. The molecule has 1 fully saturated rings. The first-order chi connectivity index (χ1) is 45.3. The van der Waals surface area contributed by atoms with Gasteiger partial charge in [0, 0.05) is 6.42 Å². The van der Waals surface area contributed by atoms with Crippen molar-refractivity contribution in [3.8, 4) is 0 Å². The van der Waals surface area contributed by atoms with Crippen molar-refractivity contribution >= 4 is 5.91 Å². The van der Waals surface area contributed by atoms with Gasteiger partial charge < -0.3 is 40.3 Å². The lowest BCUT2D eigenvalue weighted by molar-refractivity contribution is -0.302. The normalized spacial score (nSPS) is 18.1. The second kappa shape index (κ2) is 71.2. The molecule has 1 rings (SSSR count). The van der Waals surface area contributed by atoms with Crippen LogP contribution in [0.2, 0.25) is 0 Å². The van der Waals surface area contributed by atoms with Crippen LogP contribution in [0.1, 0.15) is 380 Å². The van der Waals surface area contributed by atoms with E-state index in [4.69, 9.17) is 9.47 Å². The molecular weight excluding hydrogens is 1140 g/mol. The average molecular weight is 1290 g/mol. The smallest absolute Gasteiger partial charge is 0.220 e. The number of aliphatic hydroxyl groups excluding tert-OH is 5. The van der Waals surface area contributed by atoms with Gasteiger partial charge >= 0.3 is 0 Å². The lowest BCUT2D eigenvalue weighted by Gasteiger charge is -2.40. The van der Waals surface area contributed by atoms with E-state index in [1.807, 2.05) is 6.08 Å². The van der Waals surface area contributed by atoms with Gasteiger partial charge in [0.25, 0.3) is 0 Å². The van der Waals surface area contributed by atoms with E-state index in [9.17, 15) is 30.3 Å². The molecule has 0 aromatic carbocycles. The summed E-state index contributed by atoms with van der Waals surface area (Å²) < 4.78 is 11.3. The first kappa shape index (κ1) is 87.4. The molecule has 536 valence electrons. The molecule has 0 spiro atoms. The molecule has 6 N–H and O–H groups in total. The van der Waals surface area contributed by atoms with Gasteiger partial charge in [-0.1, -0.05) is 381 Å². The zero-order chi connectivity index (χ0) is 66.4. The summed E-state index contributed by atoms with van der Waals surface area (Å²) in [5, 5.41) is 54.9. The number of nitrogens with one attached hydrogen (secondary N) is 1. The third-order valence-corrected chi connectivity index (χ3v) is 18.7. The summed E-state index contributed by atoms with van der Waals surface area (Å²) in [5.41, 5.74) is 0. The number of carbonyl (C=O) groups excluding carboxylic acids is 1. The summed E-state index contributed by atoms with van der Waals surface area (Å²) >= 11 is 0. The Morgan fingerprint density at radius 3 is 1.04 bits per heavy atom. The lowest BCUT2D eigenvalue weighted by atomic mass is 9.99. The maximum atomic E-state index is 13.2. The second-order valence-corrected chi connectivity index (χ2v) is 27.5. The zero-order valence-electron chi connectivity index (χ0n) is 60.3. The highest BCUT2D eigenvalue weighted by Crippen LogP contribution is 2.24. The molecule has 9 nitrogen and oxygen atoms in total. The minimum atomic E-state index is -1.58. The molecule has 1 heterocycles. The average Bonchev–Trinajstić information content (AvgIpc) is 1.45. The molecule has 1 amide bonds. The Balaban J connectivity index is 2.08. The minimum absolute atomic E-state index is 0.181. The Kier molecular flexibility index (Phi) is 67.6. The molecule has 1 aliphatic rings. The summed E-state index contributed by atoms with van der Waals surface area (Å²) in [5.74, 6) is -0.181. The van der Waals surface area contributed by atoms with Crippen molar-refractivity contribution in [3.63, 3.8) is 0 Å². The van der Waals surface area contributed by atoms with Crippen molar-refractivity contribution in [1.82, 2.24) is 5.32 Å². The first-order valence-electron chi connectivity index (χ1n) is 39.8. The number of allylic oxidation sites excluding steroid dienone is 13. The van der Waals surface area contributed by atoms with Crippen molar-refractivity contribution in [2.75, 3.05) is 13.2 Å². The van der Waals surface area contributed by atoms with Crippen molar-refractivity contribution in [1.29, 1.82) is 0 Å². The topological polar surface area (TPSA) is 149 Å². The fourth-order valence-corrected chi connectivity index (χ4v) is 12.6. The fourth-order valence-electron chi connectivity index (χ4n) is 12.6. The Labute approximate surface area is 569 Å². The maximum Gasteiger partial charge on any atom is 0.220 e. The molecule has 0 bridgehead atoms. The molecule has 0 radical (unpaired) electrons. The summed E-state index contributed by atoms with van der Waals surface area (Å²) in [7, 11) is 0. The number of aliphatic hydroxyl groups is 5. The van der Waals surface area contributed by atoms with Gasteiger partial charge in [0.2, 0.25) is 5.91 Å². The monoisotopic (exact) mass is 1290 g/mol. The van der Waals surface area contributed by atoms with Crippen LogP contribution in [0.4, 0.5) is 0 Å². The van der Waals surface area contributed by atoms with Gasteiger partial charge in [-0.05, 0) is 77.0 Å². The van der Waals surface area contributed by atoms with E-state index >= 15 is 0 Å². The minimum Gasteiger partial charge on any atom is -0.394 e. The molecule has 9 heteroatoms. The molecule has 0 saturated carbocycles.